The lowest BCUT2D eigenvalue weighted by atomic mass is 10.1. The molecule has 0 amide bonds. The van der Waals surface area contributed by atoms with Crippen molar-refractivity contribution >= 4 is 38.6 Å². The van der Waals surface area contributed by atoms with Crippen LogP contribution in [0.4, 0.5) is 10.8 Å². The number of anilines is 1. The summed E-state index contributed by atoms with van der Waals surface area (Å²) in [6.45, 7) is 0.337. The molecule has 0 aliphatic carbocycles. The Bertz CT molecular complexity index is 1170. The van der Waals surface area contributed by atoms with Crippen LogP contribution in [-0.4, -0.2) is 33.0 Å². The molecule has 2 heterocycles. The zero-order valence-corrected chi connectivity index (χ0v) is 16.2. The first kappa shape index (κ1) is 18.6. The summed E-state index contributed by atoms with van der Waals surface area (Å²) in [4.78, 5) is 14.8. The summed E-state index contributed by atoms with van der Waals surface area (Å²) < 4.78 is 7.98. The number of hydrogen-bond acceptors (Lipinski definition) is 8. The second-order valence-corrected chi connectivity index (χ2v) is 7.11. The highest BCUT2D eigenvalue weighted by atomic mass is 32.1. The number of hydrogen-bond donors (Lipinski definition) is 1. The summed E-state index contributed by atoms with van der Waals surface area (Å²) in [6.07, 6.45) is 4.29. The van der Waals surface area contributed by atoms with Crippen molar-refractivity contribution in [2.24, 2.45) is 5.10 Å². The van der Waals surface area contributed by atoms with Crippen molar-refractivity contribution in [2.75, 3.05) is 12.5 Å². The first-order chi connectivity index (χ1) is 14.1. The number of benzene rings is 2. The lowest BCUT2D eigenvalue weighted by Crippen LogP contribution is -2.03. The van der Waals surface area contributed by atoms with E-state index in [4.69, 9.17) is 4.74 Å². The number of aromatic nitrogens is 3. The van der Waals surface area contributed by atoms with Crippen LogP contribution in [0.15, 0.2) is 60.0 Å². The lowest BCUT2D eigenvalue weighted by Gasteiger charge is -2.09. The van der Waals surface area contributed by atoms with Gasteiger partial charge in [-0.15, -0.1) is 0 Å². The Morgan fingerprint density at radius 2 is 2.21 bits per heavy atom. The van der Waals surface area contributed by atoms with Crippen LogP contribution in [0, 0.1) is 10.1 Å². The van der Waals surface area contributed by atoms with E-state index in [0.29, 0.717) is 17.4 Å². The fraction of sp³-hybridized carbons (Fsp3) is 0.105. The largest absolute Gasteiger partial charge is 0.496 e. The molecular formula is C19H16N6O3S. The number of ether oxygens (including phenoxy) is 1. The molecule has 4 aromatic rings. The van der Waals surface area contributed by atoms with Gasteiger partial charge in [0.1, 0.15) is 18.1 Å². The van der Waals surface area contributed by atoms with Gasteiger partial charge in [-0.05, 0) is 35.9 Å². The first-order valence-corrected chi connectivity index (χ1v) is 9.42. The van der Waals surface area contributed by atoms with Crippen LogP contribution in [-0.2, 0) is 6.54 Å². The van der Waals surface area contributed by atoms with Gasteiger partial charge in [0.15, 0.2) is 0 Å². The minimum atomic E-state index is -0.475. The van der Waals surface area contributed by atoms with E-state index in [1.54, 1.807) is 13.3 Å². The predicted octanol–water partition coefficient (Wildman–Crippen LogP) is 3.90. The molecule has 146 valence electrons. The maximum Gasteiger partial charge on any atom is 0.307 e. The predicted molar refractivity (Wildman–Crippen MR) is 112 cm³/mol. The Balaban J connectivity index is 1.50. The summed E-state index contributed by atoms with van der Waals surface area (Å²) in [6, 6.07) is 13.5. The summed E-state index contributed by atoms with van der Waals surface area (Å²) >= 11 is 1.53. The van der Waals surface area contributed by atoms with Crippen molar-refractivity contribution in [3.63, 3.8) is 0 Å². The molecule has 0 aliphatic heterocycles. The molecule has 0 spiro atoms. The standard InChI is InChI=1S/C19H16N6O3S/c1-28-17-7-6-13(8-14(17)11-24-12-15(10-21-24)25(26)27)9-20-23-19-22-16-4-2-3-5-18(16)29-19/h2-10,12H,11H2,1H3,(H,22,23). The summed E-state index contributed by atoms with van der Waals surface area (Å²) in [7, 11) is 1.58. The van der Waals surface area contributed by atoms with Gasteiger partial charge < -0.3 is 4.74 Å². The number of thiazole rings is 1. The van der Waals surface area contributed by atoms with Crippen molar-refractivity contribution in [1.29, 1.82) is 0 Å². The lowest BCUT2D eigenvalue weighted by molar-refractivity contribution is -0.385. The van der Waals surface area contributed by atoms with E-state index in [2.05, 4.69) is 20.6 Å². The summed E-state index contributed by atoms with van der Waals surface area (Å²) in [5.41, 5.74) is 5.49. The van der Waals surface area contributed by atoms with Crippen molar-refractivity contribution in [2.45, 2.75) is 6.54 Å². The topological polar surface area (TPSA) is 107 Å². The van der Waals surface area contributed by atoms with E-state index in [0.717, 1.165) is 21.3 Å². The van der Waals surface area contributed by atoms with E-state index in [-0.39, 0.29) is 5.69 Å². The maximum atomic E-state index is 10.8. The number of hydrazone groups is 1. The molecule has 0 unspecified atom stereocenters. The van der Waals surface area contributed by atoms with Crippen molar-refractivity contribution in [3.05, 3.63) is 76.1 Å². The van der Waals surface area contributed by atoms with Crippen molar-refractivity contribution < 1.29 is 9.66 Å². The van der Waals surface area contributed by atoms with Crippen molar-refractivity contribution in [3.8, 4) is 5.75 Å². The monoisotopic (exact) mass is 408 g/mol. The molecule has 1 N–H and O–H groups in total. The molecule has 2 aromatic carbocycles. The smallest absolute Gasteiger partial charge is 0.307 e. The third-order valence-electron chi connectivity index (χ3n) is 4.13. The van der Waals surface area contributed by atoms with Crippen LogP contribution in [0.5, 0.6) is 5.75 Å². The highest BCUT2D eigenvalue weighted by Gasteiger charge is 2.11. The van der Waals surface area contributed by atoms with Gasteiger partial charge in [0.05, 0.1) is 35.0 Å². The molecule has 0 aliphatic rings. The van der Waals surface area contributed by atoms with E-state index < -0.39 is 4.92 Å². The van der Waals surface area contributed by atoms with E-state index in [1.165, 1.54) is 28.4 Å². The Labute approximate surface area is 169 Å². The quantitative estimate of drug-likeness (QED) is 0.282. The van der Waals surface area contributed by atoms with Gasteiger partial charge in [0, 0.05) is 5.56 Å². The van der Waals surface area contributed by atoms with Crippen LogP contribution in [0.1, 0.15) is 11.1 Å². The Hall–Kier alpha value is -3.79. The number of fused-ring (bicyclic) bond motifs is 1. The molecule has 2 aromatic heterocycles. The SMILES string of the molecule is COc1ccc(C=NNc2nc3ccccc3s2)cc1Cn1cc([N+](=O)[O-])cn1. The second-order valence-electron chi connectivity index (χ2n) is 6.08. The van der Waals surface area contributed by atoms with Gasteiger partial charge in [-0.2, -0.15) is 10.2 Å². The Kier molecular flexibility index (Phi) is 5.16. The zero-order valence-electron chi connectivity index (χ0n) is 15.3. The number of methoxy groups -OCH3 is 1. The van der Waals surface area contributed by atoms with E-state index in [1.807, 2.05) is 42.5 Å². The second kappa shape index (κ2) is 8.07. The van der Waals surface area contributed by atoms with Crippen LogP contribution >= 0.6 is 11.3 Å². The van der Waals surface area contributed by atoms with Gasteiger partial charge in [-0.25, -0.2) is 4.98 Å². The van der Waals surface area contributed by atoms with Crippen LogP contribution in [0.2, 0.25) is 0 Å². The first-order valence-electron chi connectivity index (χ1n) is 8.61. The Morgan fingerprint density at radius 1 is 1.34 bits per heavy atom. The number of rotatable bonds is 7. The minimum Gasteiger partial charge on any atom is -0.496 e. The third-order valence-corrected chi connectivity index (χ3v) is 5.08. The molecule has 0 saturated carbocycles. The number of nitrogens with zero attached hydrogens (tertiary/aromatic N) is 5. The average molecular weight is 408 g/mol. The molecule has 29 heavy (non-hydrogen) atoms. The molecule has 0 saturated heterocycles. The van der Waals surface area contributed by atoms with Gasteiger partial charge in [-0.1, -0.05) is 23.5 Å². The normalized spacial score (nSPS) is 11.2. The maximum absolute atomic E-state index is 10.8. The molecule has 0 atom stereocenters. The van der Waals surface area contributed by atoms with Gasteiger partial charge in [-0.3, -0.25) is 20.2 Å². The molecule has 0 bridgehead atoms. The molecule has 0 radical (unpaired) electrons. The van der Waals surface area contributed by atoms with Crippen molar-refractivity contribution in [1.82, 2.24) is 14.8 Å². The van der Waals surface area contributed by atoms with E-state index >= 15 is 0 Å². The van der Waals surface area contributed by atoms with Gasteiger partial charge in [0.2, 0.25) is 5.13 Å². The molecule has 0 fully saturated rings. The average Bonchev–Trinajstić information content (AvgIpc) is 3.35. The molecular weight excluding hydrogens is 392 g/mol. The van der Waals surface area contributed by atoms with E-state index in [9.17, 15) is 10.1 Å². The highest BCUT2D eigenvalue weighted by Crippen LogP contribution is 2.25. The zero-order chi connectivity index (χ0) is 20.2. The molecule has 10 heteroatoms. The van der Waals surface area contributed by atoms with Gasteiger partial charge >= 0.3 is 5.69 Å². The Morgan fingerprint density at radius 3 is 2.97 bits per heavy atom. The van der Waals surface area contributed by atoms with Crippen LogP contribution < -0.4 is 10.2 Å². The van der Waals surface area contributed by atoms with Gasteiger partial charge in [0.25, 0.3) is 0 Å². The third kappa shape index (κ3) is 4.22. The van der Waals surface area contributed by atoms with Crippen LogP contribution in [0.25, 0.3) is 10.2 Å². The minimum absolute atomic E-state index is 0.0540. The molecule has 9 nitrogen and oxygen atoms in total. The fourth-order valence-corrected chi connectivity index (χ4v) is 3.61. The summed E-state index contributed by atoms with van der Waals surface area (Å²) in [5.74, 6) is 0.666. The summed E-state index contributed by atoms with van der Waals surface area (Å²) in [5, 5.41) is 19.8. The number of para-hydroxylation sites is 1. The number of nitro groups is 1. The number of nitrogens with one attached hydrogen (secondary N) is 1. The fourth-order valence-electron chi connectivity index (χ4n) is 2.79. The highest BCUT2D eigenvalue weighted by molar-refractivity contribution is 7.22. The van der Waals surface area contributed by atoms with Crippen LogP contribution in [0.3, 0.4) is 0 Å². The molecule has 4 rings (SSSR count).